The minimum atomic E-state index is -0.0111. The van der Waals surface area contributed by atoms with Gasteiger partial charge in [-0.2, -0.15) is 0 Å². The maximum atomic E-state index is 11.8. The van der Waals surface area contributed by atoms with E-state index >= 15 is 0 Å². The Morgan fingerprint density at radius 2 is 2.10 bits per heavy atom. The number of likely N-dealkylation sites (N-methyl/N-ethyl adjacent to an activating group) is 1. The molecule has 1 unspecified atom stereocenters. The third-order valence-electron chi connectivity index (χ3n) is 2.86. The third-order valence-corrected chi connectivity index (χ3v) is 3.39. The van der Waals surface area contributed by atoms with Crippen molar-refractivity contribution in [2.24, 2.45) is 5.73 Å². The van der Waals surface area contributed by atoms with Crippen LogP contribution >= 0.6 is 35.6 Å². The molecule has 4 nitrogen and oxygen atoms in total. The Balaban J connectivity index is 0.00000361. The molecule has 0 saturated carbocycles. The van der Waals surface area contributed by atoms with Crippen molar-refractivity contribution >= 4 is 41.5 Å². The number of amides is 1. The molecule has 1 atom stereocenters. The average molecular weight is 342 g/mol. The Morgan fingerprint density at radius 3 is 2.65 bits per heavy atom. The maximum absolute atomic E-state index is 11.8. The molecular weight excluding hydrogens is 323 g/mol. The molecule has 0 bridgehead atoms. The van der Waals surface area contributed by atoms with Gasteiger partial charge >= 0.3 is 0 Å². The predicted octanol–water partition coefficient (Wildman–Crippen LogP) is 2.99. The number of ether oxygens (including phenoxy) is 1. The summed E-state index contributed by atoms with van der Waals surface area (Å²) in [7, 11) is 1.73. The number of rotatable bonds is 6. The normalized spacial score (nSPS) is 11.4. The van der Waals surface area contributed by atoms with E-state index in [4.69, 9.17) is 33.7 Å². The highest BCUT2D eigenvalue weighted by atomic mass is 35.5. The molecule has 1 rings (SSSR count). The highest BCUT2D eigenvalue weighted by Gasteiger charge is 2.14. The van der Waals surface area contributed by atoms with Gasteiger partial charge in [-0.3, -0.25) is 4.79 Å². The minimum Gasteiger partial charge on any atom is -0.491 e. The fourth-order valence-corrected chi connectivity index (χ4v) is 1.88. The van der Waals surface area contributed by atoms with Gasteiger partial charge in [0.05, 0.1) is 18.1 Å². The molecule has 1 aromatic carbocycles. The minimum absolute atomic E-state index is 0. The second kappa shape index (κ2) is 9.29. The van der Waals surface area contributed by atoms with Crippen molar-refractivity contribution in [1.82, 2.24) is 4.90 Å². The first-order valence-corrected chi connectivity index (χ1v) is 6.75. The Bertz CT molecular complexity index is 444. The van der Waals surface area contributed by atoms with Crippen molar-refractivity contribution in [2.75, 3.05) is 20.2 Å². The van der Waals surface area contributed by atoms with Crippen LogP contribution < -0.4 is 10.5 Å². The van der Waals surface area contributed by atoms with E-state index in [0.717, 1.165) is 0 Å². The molecule has 7 heteroatoms. The first-order valence-electron chi connectivity index (χ1n) is 5.99. The first kappa shape index (κ1) is 19.3. The van der Waals surface area contributed by atoms with Crippen LogP contribution in [0.1, 0.15) is 13.3 Å². The zero-order valence-electron chi connectivity index (χ0n) is 11.4. The number of nitrogens with two attached hydrogens (primary N) is 1. The summed E-state index contributed by atoms with van der Waals surface area (Å²) in [5, 5.41) is 0.980. The zero-order valence-corrected chi connectivity index (χ0v) is 13.8. The van der Waals surface area contributed by atoms with Crippen LogP contribution in [-0.4, -0.2) is 37.0 Å². The van der Waals surface area contributed by atoms with Gasteiger partial charge in [-0.1, -0.05) is 23.2 Å². The van der Waals surface area contributed by atoms with Crippen molar-refractivity contribution in [3.63, 3.8) is 0 Å². The van der Waals surface area contributed by atoms with Crippen molar-refractivity contribution in [3.8, 4) is 5.75 Å². The van der Waals surface area contributed by atoms with E-state index in [1.165, 1.54) is 0 Å². The van der Waals surface area contributed by atoms with E-state index in [1.54, 1.807) is 30.1 Å². The lowest BCUT2D eigenvalue weighted by atomic mass is 10.2. The Hall–Kier alpha value is -0.680. The van der Waals surface area contributed by atoms with Crippen LogP contribution in [-0.2, 0) is 4.79 Å². The van der Waals surface area contributed by atoms with Gasteiger partial charge in [-0.15, -0.1) is 12.4 Å². The summed E-state index contributed by atoms with van der Waals surface area (Å²) < 4.78 is 5.46. The molecule has 0 aliphatic rings. The van der Waals surface area contributed by atoms with Crippen LogP contribution in [0.3, 0.4) is 0 Å². The molecule has 0 aliphatic carbocycles. The fraction of sp³-hybridized carbons (Fsp3) is 0.462. The average Bonchev–Trinajstić information content (AvgIpc) is 2.39. The standard InChI is InChI=1S/C13H18Cl2N2O2.ClH/c1-9(8-16)17(2)13(18)5-6-19-12-4-3-10(14)7-11(12)15;/h3-4,7,9H,5-6,8,16H2,1-2H3;1H. The quantitative estimate of drug-likeness (QED) is 0.865. The van der Waals surface area contributed by atoms with Gasteiger partial charge in [0.15, 0.2) is 0 Å². The maximum Gasteiger partial charge on any atom is 0.226 e. The van der Waals surface area contributed by atoms with E-state index < -0.39 is 0 Å². The Kier molecular flexibility index (Phi) is 8.98. The van der Waals surface area contributed by atoms with E-state index in [-0.39, 0.29) is 37.4 Å². The smallest absolute Gasteiger partial charge is 0.226 e. The van der Waals surface area contributed by atoms with E-state index in [0.29, 0.717) is 22.3 Å². The van der Waals surface area contributed by atoms with Crippen molar-refractivity contribution in [1.29, 1.82) is 0 Å². The number of hydrogen-bond acceptors (Lipinski definition) is 3. The number of benzene rings is 1. The van der Waals surface area contributed by atoms with Gasteiger partial charge in [0, 0.05) is 24.7 Å². The van der Waals surface area contributed by atoms with Gasteiger partial charge in [-0.05, 0) is 25.1 Å². The van der Waals surface area contributed by atoms with Crippen LogP contribution in [0.4, 0.5) is 0 Å². The van der Waals surface area contributed by atoms with Crippen molar-refractivity contribution in [3.05, 3.63) is 28.2 Å². The fourth-order valence-electron chi connectivity index (χ4n) is 1.42. The zero-order chi connectivity index (χ0) is 14.4. The lowest BCUT2D eigenvalue weighted by molar-refractivity contribution is -0.132. The summed E-state index contributed by atoms with van der Waals surface area (Å²) in [4.78, 5) is 13.4. The number of hydrogen-bond donors (Lipinski definition) is 1. The van der Waals surface area contributed by atoms with Gasteiger partial charge in [0.2, 0.25) is 5.91 Å². The molecule has 2 N–H and O–H groups in total. The largest absolute Gasteiger partial charge is 0.491 e. The molecular formula is C13H19Cl3N2O2. The van der Waals surface area contributed by atoms with Gasteiger partial charge in [0.25, 0.3) is 0 Å². The second-order valence-electron chi connectivity index (χ2n) is 4.26. The topological polar surface area (TPSA) is 55.6 Å². The molecule has 1 amide bonds. The molecule has 0 heterocycles. The second-order valence-corrected chi connectivity index (χ2v) is 5.11. The molecule has 0 aromatic heterocycles. The Morgan fingerprint density at radius 1 is 1.45 bits per heavy atom. The van der Waals surface area contributed by atoms with Crippen LogP contribution in [0.25, 0.3) is 0 Å². The van der Waals surface area contributed by atoms with Crippen molar-refractivity contribution < 1.29 is 9.53 Å². The summed E-state index contributed by atoms with van der Waals surface area (Å²) in [6, 6.07) is 4.99. The van der Waals surface area contributed by atoms with Gasteiger partial charge in [0.1, 0.15) is 5.75 Å². The SMILES string of the molecule is CC(CN)N(C)C(=O)CCOc1ccc(Cl)cc1Cl.Cl. The monoisotopic (exact) mass is 340 g/mol. The van der Waals surface area contributed by atoms with Gasteiger partial charge in [-0.25, -0.2) is 0 Å². The molecule has 0 spiro atoms. The molecule has 114 valence electrons. The molecule has 0 aliphatic heterocycles. The number of halogens is 3. The van der Waals surface area contributed by atoms with E-state index in [9.17, 15) is 4.79 Å². The Labute approximate surface area is 135 Å². The summed E-state index contributed by atoms with van der Waals surface area (Å²) >= 11 is 11.7. The lowest BCUT2D eigenvalue weighted by Crippen LogP contribution is -2.40. The number of nitrogens with zero attached hydrogens (tertiary/aromatic N) is 1. The summed E-state index contributed by atoms with van der Waals surface area (Å²) in [6.45, 7) is 2.60. The van der Waals surface area contributed by atoms with Crippen LogP contribution in [0, 0.1) is 0 Å². The molecule has 0 radical (unpaired) electrons. The number of carbonyl (C=O) groups is 1. The van der Waals surface area contributed by atoms with E-state index in [1.807, 2.05) is 6.92 Å². The predicted molar refractivity (Wildman–Crippen MR) is 85.1 cm³/mol. The van der Waals surface area contributed by atoms with Crippen molar-refractivity contribution in [2.45, 2.75) is 19.4 Å². The number of carbonyl (C=O) groups excluding carboxylic acids is 1. The summed E-state index contributed by atoms with van der Waals surface area (Å²) in [5.74, 6) is 0.511. The van der Waals surface area contributed by atoms with E-state index in [2.05, 4.69) is 0 Å². The molecule has 20 heavy (non-hydrogen) atoms. The first-order chi connectivity index (χ1) is 8.95. The van der Waals surface area contributed by atoms with Crippen LogP contribution in [0.2, 0.25) is 10.0 Å². The van der Waals surface area contributed by atoms with Crippen LogP contribution in [0.5, 0.6) is 5.75 Å². The highest BCUT2D eigenvalue weighted by Crippen LogP contribution is 2.27. The van der Waals surface area contributed by atoms with Gasteiger partial charge < -0.3 is 15.4 Å². The third kappa shape index (κ3) is 5.75. The molecule has 0 fully saturated rings. The molecule has 0 saturated heterocycles. The summed E-state index contributed by atoms with van der Waals surface area (Å²) in [5.41, 5.74) is 5.51. The lowest BCUT2D eigenvalue weighted by Gasteiger charge is -2.23. The van der Waals surface area contributed by atoms with Crippen LogP contribution in [0.15, 0.2) is 18.2 Å². The summed E-state index contributed by atoms with van der Waals surface area (Å²) in [6.07, 6.45) is 0.278. The highest BCUT2D eigenvalue weighted by molar-refractivity contribution is 6.35. The molecule has 1 aromatic rings.